The van der Waals surface area contributed by atoms with Crippen LogP contribution in [0.4, 0.5) is 17.2 Å². The number of piperazine rings is 1. The number of carbonyl (C=O) groups excluding carboxylic acids is 1. The van der Waals surface area contributed by atoms with Gasteiger partial charge >= 0.3 is 0 Å². The normalized spacial score (nSPS) is 15.0. The van der Waals surface area contributed by atoms with Crippen molar-refractivity contribution < 1.29 is 4.79 Å². The molecule has 0 saturated carbocycles. The molecule has 1 saturated heterocycles. The van der Waals surface area contributed by atoms with Crippen LogP contribution in [0.15, 0.2) is 42.7 Å². The fraction of sp³-hybridized carbons (Fsp3) is 0.364. The molecule has 7 nitrogen and oxygen atoms in total. The van der Waals surface area contributed by atoms with E-state index in [-0.39, 0.29) is 11.4 Å². The summed E-state index contributed by atoms with van der Waals surface area (Å²) < 4.78 is 0. The number of nitrogens with one attached hydrogen (secondary N) is 2. The molecule has 1 fully saturated rings. The number of hydrogen-bond acceptors (Lipinski definition) is 5. The second kappa shape index (κ2) is 7.31. The zero-order valence-corrected chi connectivity index (χ0v) is 17.2. The lowest BCUT2D eigenvalue weighted by Crippen LogP contribution is -2.49. The number of carbonyl (C=O) groups is 1. The van der Waals surface area contributed by atoms with Crippen LogP contribution in [0.2, 0.25) is 0 Å². The lowest BCUT2D eigenvalue weighted by molar-refractivity contribution is 0.0748. The first-order valence-corrected chi connectivity index (χ1v) is 9.96. The Hall–Kier alpha value is -3.22. The highest BCUT2D eigenvalue weighted by Crippen LogP contribution is 2.27. The molecule has 29 heavy (non-hydrogen) atoms. The van der Waals surface area contributed by atoms with E-state index < -0.39 is 0 Å². The molecule has 152 valence electrons. The third kappa shape index (κ3) is 3.99. The third-order valence-corrected chi connectivity index (χ3v) is 5.10. The van der Waals surface area contributed by atoms with Crippen LogP contribution in [0.25, 0.3) is 10.9 Å². The summed E-state index contributed by atoms with van der Waals surface area (Å²) in [7, 11) is 0. The fourth-order valence-corrected chi connectivity index (χ4v) is 3.76. The van der Waals surface area contributed by atoms with Gasteiger partial charge in [0, 0.05) is 60.7 Å². The van der Waals surface area contributed by atoms with Crippen molar-refractivity contribution >= 4 is 34.0 Å². The number of nitrogens with zero attached hydrogens (tertiary/aromatic N) is 3. The summed E-state index contributed by atoms with van der Waals surface area (Å²) >= 11 is 0. The van der Waals surface area contributed by atoms with Gasteiger partial charge in [-0.3, -0.25) is 4.79 Å². The van der Waals surface area contributed by atoms with E-state index in [1.54, 1.807) is 6.20 Å². The molecule has 7 heteroatoms. The number of amides is 1. The standard InChI is InChI=1S/C22H28N6O/c1-22(2,3)26-19-5-4-8-24-20(19)27-9-11-28(12-10-27)21(29)17-14-25-18-7-6-15(23)13-16(17)18/h4-8,13-14,25-26H,9-12,23H2,1-3H3. The molecule has 0 unspecified atom stereocenters. The maximum absolute atomic E-state index is 13.1. The minimum absolute atomic E-state index is 0.0376. The first-order valence-electron chi connectivity index (χ1n) is 9.96. The number of fused-ring (bicyclic) bond motifs is 1. The van der Waals surface area contributed by atoms with E-state index in [1.165, 1.54) is 0 Å². The van der Waals surface area contributed by atoms with Crippen molar-refractivity contribution in [3.8, 4) is 0 Å². The number of rotatable bonds is 3. The van der Waals surface area contributed by atoms with Crippen molar-refractivity contribution in [2.75, 3.05) is 42.1 Å². The number of hydrogen-bond donors (Lipinski definition) is 3. The SMILES string of the molecule is CC(C)(C)Nc1cccnc1N1CCN(C(=O)c2c[nH]c3ccc(N)cc23)CC1. The van der Waals surface area contributed by atoms with Gasteiger partial charge in [-0.1, -0.05) is 0 Å². The monoisotopic (exact) mass is 392 g/mol. The lowest BCUT2D eigenvalue weighted by Gasteiger charge is -2.37. The van der Waals surface area contributed by atoms with Crippen LogP contribution in [0.3, 0.4) is 0 Å². The number of aromatic nitrogens is 2. The number of aromatic amines is 1. The predicted octanol–water partition coefficient (Wildman–Crippen LogP) is 3.32. The van der Waals surface area contributed by atoms with Gasteiger partial charge < -0.3 is 25.8 Å². The zero-order chi connectivity index (χ0) is 20.6. The van der Waals surface area contributed by atoms with E-state index in [1.807, 2.05) is 35.4 Å². The van der Waals surface area contributed by atoms with Crippen LogP contribution in [0.5, 0.6) is 0 Å². The lowest BCUT2D eigenvalue weighted by atomic mass is 10.1. The van der Waals surface area contributed by atoms with E-state index in [0.29, 0.717) is 24.3 Å². The average molecular weight is 393 g/mol. The van der Waals surface area contributed by atoms with Crippen LogP contribution < -0.4 is 16.0 Å². The molecule has 3 aromatic rings. The third-order valence-electron chi connectivity index (χ3n) is 5.10. The number of anilines is 3. The van der Waals surface area contributed by atoms with Crippen molar-refractivity contribution in [2.24, 2.45) is 0 Å². The molecule has 0 spiro atoms. The van der Waals surface area contributed by atoms with Gasteiger partial charge in [0.2, 0.25) is 0 Å². The number of benzene rings is 1. The van der Waals surface area contributed by atoms with Crippen molar-refractivity contribution in [3.05, 3.63) is 48.3 Å². The predicted molar refractivity (Wildman–Crippen MR) is 118 cm³/mol. The Morgan fingerprint density at radius 3 is 2.66 bits per heavy atom. The Balaban J connectivity index is 1.49. The number of pyridine rings is 1. The summed E-state index contributed by atoms with van der Waals surface area (Å²) in [6.07, 6.45) is 3.60. The van der Waals surface area contributed by atoms with Gasteiger partial charge in [0.1, 0.15) is 0 Å². The Morgan fingerprint density at radius 1 is 1.17 bits per heavy atom. The molecule has 0 radical (unpaired) electrons. The van der Waals surface area contributed by atoms with Gasteiger partial charge in [-0.25, -0.2) is 4.98 Å². The molecule has 1 aliphatic rings. The van der Waals surface area contributed by atoms with Gasteiger partial charge in [-0.15, -0.1) is 0 Å². The summed E-state index contributed by atoms with van der Waals surface area (Å²) in [5, 5.41) is 4.40. The second-order valence-electron chi connectivity index (χ2n) is 8.54. The first kappa shape index (κ1) is 19.1. The highest BCUT2D eigenvalue weighted by atomic mass is 16.2. The largest absolute Gasteiger partial charge is 0.399 e. The van der Waals surface area contributed by atoms with E-state index in [4.69, 9.17) is 5.73 Å². The Kier molecular flexibility index (Phi) is 4.82. The van der Waals surface area contributed by atoms with Gasteiger partial charge in [-0.05, 0) is 51.1 Å². The van der Waals surface area contributed by atoms with Gasteiger partial charge in [-0.2, -0.15) is 0 Å². The highest BCUT2D eigenvalue weighted by Gasteiger charge is 2.26. The van der Waals surface area contributed by atoms with Crippen LogP contribution in [-0.2, 0) is 0 Å². The van der Waals surface area contributed by atoms with Crippen LogP contribution in [0, 0.1) is 0 Å². The first-order chi connectivity index (χ1) is 13.8. The molecule has 4 N–H and O–H groups in total. The second-order valence-corrected chi connectivity index (χ2v) is 8.54. The molecule has 1 aromatic carbocycles. The molecule has 1 amide bonds. The smallest absolute Gasteiger partial charge is 0.256 e. The van der Waals surface area contributed by atoms with Crippen LogP contribution in [-0.4, -0.2) is 52.5 Å². The molecule has 3 heterocycles. The van der Waals surface area contributed by atoms with Crippen molar-refractivity contribution in [1.29, 1.82) is 0 Å². The van der Waals surface area contributed by atoms with E-state index in [2.05, 4.69) is 47.0 Å². The molecule has 0 atom stereocenters. The summed E-state index contributed by atoms with van der Waals surface area (Å²) in [6.45, 7) is 9.19. The Labute approximate surface area is 170 Å². The van der Waals surface area contributed by atoms with Gasteiger partial charge in [0.15, 0.2) is 5.82 Å². The Bertz CT molecular complexity index is 1030. The zero-order valence-electron chi connectivity index (χ0n) is 17.2. The molecule has 2 aromatic heterocycles. The average Bonchev–Trinajstić information content (AvgIpc) is 3.10. The van der Waals surface area contributed by atoms with Crippen molar-refractivity contribution in [3.63, 3.8) is 0 Å². The summed E-state index contributed by atoms with van der Waals surface area (Å²) in [6, 6.07) is 9.60. The molecule has 1 aliphatic heterocycles. The van der Waals surface area contributed by atoms with E-state index in [0.717, 1.165) is 35.5 Å². The topological polar surface area (TPSA) is 90.3 Å². The number of H-pyrrole nitrogens is 1. The number of nitrogen functional groups attached to an aromatic ring is 1. The van der Waals surface area contributed by atoms with Crippen molar-refractivity contribution in [1.82, 2.24) is 14.9 Å². The van der Waals surface area contributed by atoms with Crippen molar-refractivity contribution in [2.45, 2.75) is 26.3 Å². The minimum atomic E-state index is -0.0489. The summed E-state index contributed by atoms with van der Waals surface area (Å²) in [4.78, 5) is 25.0. The van der Waals surface area contributed by atoms with Gasteiger partial charge in [0.05, 0.1) is 11.3 Å². The quantitative estimate of drug-likeness (QED) is 0.595. The van der Waals surface area contributed by atoms with Crippen LogP contribution >= 0.6 is 0 Å². The fourth-order valence-electron chi connectivity index (χ4n) is 3.76. The maximum Gasteiger partial charge on any atom is 0.256 e. The molecular formula is C22H28N6O. The minimum Gasteiger partial charge on any atom is -0.399 e. The summed E-state index contributed by atoms with van der Waals surface area (Å²) in [5.74, 6) is 0.977. The van der Waals surface area contributed by atoms with Gasteiger partial charge in [0.25, 0.3) is 5.91 Å². The Morgan fingerprint density at radius 2 is 1.93 bits per heavy atom. The summed E-state index contributed by atoms with van der Waals surface area (Å²) in [5.41, 5.74) is 9.14. The highest BCUT2D eigenvalue weighted by molar-refractivity contribution is 6.07. The molecule has 0 aliphatic carbocycles. The van der Waals surface area contributed by atoms with Crippen LogP contribution in [0.1, 0.15) is 31.1 Å². The maximum atomic E-state index is 13.1. The molecule has 0 bridgehead atoms. The van der Waals surface area contributed by atoms with E-state index >= 15 is 0 Å². The number of nitrogens with two attached hydrogens (primary N) is 1. The van der Waals surface area contributed by atoms with E-state index in [9.17, 15) is 4.79 Å². The molecule has 4 rings (SSSR count). The molecular weight excluding hydrogens is 364 g/mol.